The van der Waals surface area contributed by atoms with Gasteiger partial charge in [0, 0.05) is 42.5 Å². The van der Waals surface area contributed by atoms with Crippen LogP contribution in [-0.4, -0.2) is 43.9 Å². The Morgan fingerprint density at radius 3 is 3.20 bits per heavy atom. The van der Waals surface area contributed by atoms with Crippen LogP contribution in [0.15, 0.2) is 22.9 Å². The lowest BCUT2D eigenvalue weighted by Crippen LogP contribution is -2.25. The molecule has 0 aromatic carbocycles. The van der Waals surface area contributed by atoms with Crippen molar-refractivity contribution in [2.75, 3.05) is 33.0 Å². The van der Waals surface area contributed by atoms with Crippen molar-refractivity contribution < 1.29 is 14.3 Å². The van der Waals surface area contributed by atoms with Crippen molar-refractivity contribution in [1.82, 2.24) is 10.3 Å². The normalized spacial score (nSPS) is 18.1. The van der Waals surface area contributed by atoms with E-state index < -0.39 is 0 Å². The monoisotopic (exact) mass is 342 g/mol. The molecule has 0 bridgehead atoms. The maximum Gasteiger partial charge on any atom is 0.252 e. The van der Waals surface area contributed by atoms with Gasteiger partial charge in [-0.05, 0) is 34.8 Å². The molecule has 1 aliphatic rings. The van der Waals surface area contributed by atoms with Gasteiger partial charge in [0.25, 0.3) is 5.91 Å². The minimum atomic E-state index is -0.108. The van der Waals surface area contributed by atoms with Crippen molar-refractivity contribution in [3.05, 3.63) is 28.5 Å². The Balaban J connectivity index is 1.55. The highest BCUT2D eigenvalue weighted by molar-refractivity contribution is 9.10. The minimum absolute atomic E-state index is 0.108. The molecule has 0 radical (unpaired) electrons. The molecule has 2 rings (SSSR count). The molecule has 1 saturated heterocycles. The summed E-state index contributed by atoms with van der Waals surface area (Å²) < 4.78 is 11.7. The average molecular weight is 343 g/mol. The first-order valence-electron chi connectivity index (χ1n) is 6.80. The van der Waals surface area contributed by atoms with Gasteiger partial charge in [0.05, 0.1) is 18.8 Å². The molecule has 110 valence electrons. The zero-order chi connectivity index (χ0) is 14.2. The van der Waals surface area contributed by atoms with E-state index in [4.69, 9.17) is 9.47 Å². The number of nitrogens with one attached hydrogen (secondary N) is 1. The molecule has 1 aliphatic heterocycles. The average Bonchev–Trinajstić information content (AvgIpc) is 2.95. The van der Waals surface area contributed by atoms with Crippen molar-refractivity contribution in [2.24, 2.45) is 5.92 Å². The lowest BCUT2D eigenvalue weighted by molar-refractivity contribution is 0.0853. The van der Waals surface area contributed by atoms with E-state index in [1.165, 1.54) is 0 Å². The predicted octanol–water partition coefficient (Wildman–Crippen LogP) is 2.02. The summed E-state index contributed by atoms with van der Waals surface area (Å²) in [6.45, 7) is 3.68. The van der Waals surface area contributed by atoms with Crippen molar-refractivity contribution in [3.63, 3.8) is 0 Å². The van der Waals surface area contributed by atoms with Crippen LogP contribution in [0.3, 0.4) is 0 Å². The van der Waals surface area contributed by atoms with Crippen molar-refractivity contribution in [2.45, 2.75) is 12.8 Å². The molecule has 0 unspecified atom stereocenters. The third-order valence-corrected chi connectivity index (χ3v) is 3.53. The van der Waals surface area contributed by atoms with E-state index in [0.29, 0.717) is 24.6 Å². The third kappa shape index (κ3) is 5.19. The highest BCUT2D eigenvalue weighted by atomic mass is 79.9. The molecule has 0 spiro atoms. The van der Waals surface area contributed by atoms with E-state index >= 15 is 0 Å². The molecule has 1 atom stereocenters. The molecule has 1 aromatic rings. The van der Waals surface area contributed by atoms with Crippen LogP contribution in [-0.2, 0) is 9.47 Å². The van der Waals surface area contributed by atoms with E-state index in [2.05, 4.69) is 26.2 Å². The summed E-state index contributed by atoms with van der Waals surface area (Å²) in [5.41, 5.74) is 0.559. The number of ether oxygens (including phenoxy) is 2. The summed E-state index contributed by atoms with van der Waals surface area (Å²) >= 11 is 3.29. The Labute approximate surface area is 127 Å². The maximum atomic E-state index is 11.8. The fourth-order valence-corrected chi connectivity index (χ4v) is 2.34. The number of carbonyl (C=O) groups excluding carboxylic acids is 1. The van der Waals surface area contributed by atoms with Gasteiger partial charge in [-0.3, -0.25) is 9.78 Å². The summed E-state index contributed by atoms with van der Waals surface area (Å²) in [6, 6.07) is 1.75. The van der Waals surface area contributed by atoms with Gasteiger partial charge in [-0.25, -0.2) is 0 Å². The van der Waals surface area contributed by atoms with Crippen LogP contribution in [0.1, 0.15) is 23.2 Å². The molecule has 6 heteroatoms. The minimum Gasteiger partial charge on any atom is -0.381 e. The molecule has 1 amide bonds. The van der Waals surface area contributed by atoms with Gasteiger partial charge >= 0.3 is 0 Å². The second-order valence-corrected chi connectivity index (χ2v) is 5.72. The standard InChI is InChI=1S/C14H19BrN2O3/c15-13-6-12(7-16-8-13)14(18)17-3-1-4-19-9-11-2-5-20-10-11/h6-8,11H,1-5,9-10H2,(H,17,18)/t11-/m1/s1. The molecule has 1 fully saturated rings. The first kappa shape index (κ1) is 15.4. The van der Waals surface area contributed by atoms with Gasteiger partial charge in [-0.1, -0.05) is 0 Å². The second-order valence-electron chi connectivity index (χ2n) is 4.81. The molecule has 0 aliphatic carbocycles. The molecular formula is C14H19BrN2O3. The Morgan fingerprint density at radius 1 is 1.55 bits per heavy atom. The number of hydrogen-bond acceptors (Lipinski definition) is 4. The largest absolute Gasteiger partial charge is 0.381 e. The van der Waals surface area contributed by atoms with E-state index in [1.807, 2.05) is 0 Å². The number of halogens is 1. The zero-order valence-electron chi connectivity index (χ0n) is 11.3. The smallest absolute Gasteiger partial charge is 0.252 e. The highest BCUT2D eigenvalue weighted by Gasteiger charge is 2.15. The Kier molecular flexibility index (Phi) is 6.42. The Bertz CT molecular complexity index is 436. The third-order valence-electron chi connectivity index (χ3n) is 3.10. The number of rotatable bonds is 7. The first-order valence-corrected chi connectivity index (χ1v) is 7.59. The SMILES string of the molecule is O=C(NCCCOC[C@H]1CCOC1)c1cncc(Br)c1. The van der Waals surface area contributed by atoms with Crippen LogP contribution in [0.2, 0.25) is 0 Å². The summed E-state index contributed by atoms with van der Waals surface area (Å²) in [7, 11) is 0. The van der Waals surface area contributed by atoms with Crippen LogP contribution in [0, 0.1) is 5.92 Å². The molecule has 20 heavy (non-hydrogen) atoms. The van der Waals surface area contributed by atoms with Crippen molar-refractivity contribution >= 4 is 21.8 Å². The van der Waals surface area contributed by atoms with E-state index in [1.54, 1.807) is 18.5 Å². The number of hydrogen-bond donors (Lipinski definition) is 1. The van der Waals surface area contributed by atoms with Gasteiger partial charge in [0.1, 0.15) is 0 Å². The highest BCUT2D eigenvalue weighted by Crippen LogP contribution is 2.12. The number of carbonyl (C=O) groups is 1. The topological polar surface area (TPSA) is 60.5 Å². The van der Waals surface area contributed by atoms with Crippen LogP contribution in [0.25, 0.3) is 0 Å². The summed E-state index contributed by atoms with van der Waals surface area (Å²) in [6.07, 6.45) is 5.10. The van der Waals surface area contributed by atoms with E-state index in [9.17, 15) is 4.79 Å². The van der Waals surface area contributed by atoms with Crippen molar-refractivity contribution in [1.29, 1.82) is 0 Å². The van der Waals surface area contributed by atoms with Crippen molar-refractivity contribution in [3.8, 4) is 0 Å². The summed E-state index contributed by atoms with van der Waals surface area (Å²) in [5.74, 6) is 0.431. The lowest BCUT2D eigenvalue weighted by atomic mass is 10.1. The van der Waals surface area contributed by atoms with Gasteiger partial charge in [0.15, 0.2) is 0 Å². The van der Waals surface area contributed by atoms with Gasteiger partial charge in [0.2, 0.25) is 0 Å². The van der Waals surface area contributed by atoms with Crippen LogP contribution in [0.5, 0.6) is 0 Å². The van der Waals surface area contributed by atoms with Crippen LogP contribution < -0.4 is 5.32 Å². The number of amides is 1. The molecule has 0 saturated carbocycles. The molecule has 5 nitrogen and oxygen atoms in total. The Morgan fingerprint density at radius 2 is 2.45 bits per heavy atom. The first-order chi connectivity index (χ1) is 9.75. The van der Waals surface area contributed by atoms with Gasteiger partial charge < -0.3 is 14.8 Å². The molecule has 1 aromatic heterocycles. The maximum absolute atomic E-state index is 11.8. The fraction of sp³-hybridized carbons (Fsp3) is 0.571. The molecular weight excluding hydrogens is 324 g/mol. The Hall–Kier alpha value is -0.980. The van der Waals surface area contributed by atoms with Crippen LogP contribution >= 0.6 is 15.9 Å². The van der Waals surface area contributed by atoms with Gasteiger partial charge in [-0.2, -0.15) is 0 Å². The van der Waals surface area contributed by atoms with Gasteiger partial charge in [-0.15, -0.1) is 0 Å². The zero-order valence-corrected chi connectivity index (χ0v) is 12.9. The number of aromatic nitrogens is 1. The van der Waals surface area contributed by atoms with E-state index in [-0.39, 0.29) is 5.91 Å². The van der Waals surface area contributed by atoms with Crippen LogP contribution in [0.4, 0.5) is 0 Å². The molecule has 1 N–H and O–H groups in total. The predicted molar refractivity (Wildman–Crippen MR) is 78.6 cm³/mol. The number of pyridine rings is 1. The lowest BCUT2D eigenvalue weighted by Gasteiger charge is -2.09. The molecule has 2 heterocycles. The quantitative estimate of drug-likeness (QED) is 0.770. The second kappa shape index (κ2) is 8.34. The summed E-state index contributed by atoms with van der Waals surface area (Å²) in [5, 5.41) is 2.85. The number of nitrogens with zero attached hydrogens (tertiary/aromatic N) is 1. The van der Waals surface area contributed by atoms with E-state index in [0.717, 1.165) is 37.1 Å². The summed E-state index contributed by atoms with van der Waals surface area (Å²) in [4.78, 5) is 15.8. The fourth-order valence-electron chi connectivity index (χ4n) is 1.98.